The van der Waals surface area contributed by atoms with Crippen LogP contribution in [0.15, 0.2) is 24.3 Å². The Morgan fingerprint density at radius 1 is 1.30 bits per heavy atom. The van der Waals surface area contributed by atoms with Gasteiger partial charge in [-0.25, -0.2) is 0 Å². The number of aliphatic hydroxyl groups excluding tert-OH is 1. The highest BCUT2D eigenvalue weighted by Gasteiger charge is 2.14. The first-order valence-corrected chi connectivity index (χ1v) is 10.1. The Hall–Kier alpha value is -1.63. The Bertz CT molecular complexity index is 559. The third-order valence-electron chi connectivity index (χ3n) is 4.96. The average molecular weight is 378 g/mol. The van der Waals surface area contributed by atoms with E-state index in [1.807, 2.05) is 25.2 Å². The average Bonchev–Trinajstić information content (AvgIpc) is 2.93. The molecule has 6 heteroatoms. The normalized spacial score (nSPS) is 16.7. The maximum absolute atomic E-state index is 11.3. The topological polar surface area (TPSA) is 65.0 Å². The van der Waals surface area contributed by atoms with Crippen molar-refractivity contribution in [2.24, 2.45) is 0 Å². The number of β-amino-alcohol motifs (C(OH)–C–C–N with tert-alkyl or cyclic N) is 1. The van der Waals surface area contributed by atoms with Crippen LogP contribution < -0.4 is 10.1 Å². The van der Waals surface area contributed by atoms with Crippen LogP contribution in [-0.4, -0.2) is 73.8 Å². The number of benzene rings is 1. The van der Waals surface area contributed by atoms with Gasteiger partial charge < -0.3 is 25.0 Å². The summed E-state index contributed by atoms with van der Waals surface area (Å²) in [5, 5.41) is 12.9. The van der Waals surface area contributed by atoms with E-state index < -0.39 is 6.10 Å². The van der Waals surface area contributed by atoms with Crippen LogP contribution in [0.1, 0.15) is 37.7 Å². The largest absolute Gasteiger partial charge is 0.491 e. The lowest BCUT2D eigenvalue weighted by Crippen LogP contribution is -2.36. The fourth-order valence-corrected chi connectivity index (χ4v) is 3.40. The number of carbonyl (C=O) groups is 1. The van der Waals surface area contributed by atoms with Crippen molar-refractivity contribution in [1.82, 2.24) is 15.1 Å². The second kappa shape index (κ2) is 12.0. The van der Waals surface area contributed by atoms with Crippen molar-refractivity contribution in [3.05, 3.63) is 29.8 Å². The zero-order chi connectivity index (χ0) is 19.5. The van der Waals surface area contributed by atoms with Crippen LogP contribution in [0.5, 0.6) is 5.75 Å². The van der Waals surface area contributed by atoms with Gasteiger partial charge in [-0.1, -0.05) is 25.0 Å². The van der Waals surface area contributed by atoms with Gasteiger partial charge in [-0.3, -0.25) is 4.79 Å². The predicted molar refractivity (Wildman–Crippen MR) is 108 cm³/mol. The third kappa shape index (κ3) is 8.73. The quantitative estimate of drug-likeness (QED) is 0.652. The molecule has 1 aliphatic rings. The molecular formula is C21H35N3O3. The van der Waals surface area contributed by atoms with E-state index in [-0.39, 0.29) is 5.91 Å². The van der Waals surface area contributed by atoms with Gasteiger partial charge in [0.2, 0.25) is 5.91 Å². The first-order valence-electron chi connectivity index (χ1n) is 10.1. The number of carbonyl (C=O) groups excluding carboxylic acids is 1. The van der Waals surface area contributed by atoms with Gasteiger partial charge in [0, 0.05) is 33.1 Å². The Morgan fingerprint density at radius 2 is 2.04 bits per heavy atom. The minimum Gasteiger partial charge on any atom is -0.491 e. The highest BCUT2D eigenvalue weighted by molar-refractivity contribution is 5.75. The second-order valence-corrected chi connectivity index (χ2v) is 7.49. The molecular weight excluding hydrogens is 342 g/mol. The van der Waals surface area contributed by atoms with E-state index in [0.29, 0.717) is 26.1 Å². The van der Waals surface area contributed by atoms with Crippen LogP contribution in [0.2, 0.25) is 0 Å². The predicted octanol–water partition coefficient (Wildman–Crippen LogP) is 1.87. The third-order valence-corrected chi connectivity index (χ3v) is 4.96. The van der Waals surface area contributed by atoms with Gasteiger partial charge in [-0.15, -0.1) is 0 Å². The van der Waals surface area contributed by atoms with E-state index in [1.165, 1.54) is 25.7 Å². The van der Waals surface area contributed by atoms with Crippen LogP contribution in [0.25, 0.3) is 0 Å². The number of amides is 1. The zero-order valence-corrected chi connectivity index (χ0v) is 16.8. The van der Waals surface area contributed by atoms with Crippen molar-refractivity contribution < 1.29 is 14.6 Å². The molecule has 0 unspecified atom stereocenters. The van der Waals surface area contributed by atoms with Crippen molar-refractivity contribution in [3.8, 4) is 5.75 Å². The standard InChI is InChI=1S/C21H35N3O3/c1-22-21(26)10-13-23(2)15-18-8-7-9-20(14-18)27-17-19(25)16-24-11-5-3-4-6-12-24/h7-9,14,19,25H,3-6,10-13,15-17H2,1-2H3,(H,22,26)/t19-/m0/s1. The number of nitrogens with one attached hydrogen (secondary N) is 1. The molecule has 1 fully saturated rings. The maximum Gasteiger partial charge on any atom is 0.221 e. The number of hydrogen-bond acceptors (Lipinski definition) is 5. The lowest BCUT2D eigenvalue weighted by molar-refractivity contribution is -0.120. The molecule has 27 heavy (non-hydrogen) atoms. The summed E-state index contributed by atoms with van der Waals surface area (Å²) in [5.41, 5.74) is 1.13. The summed E-state index contributed by atoms with van der Waals surface area (Å²) in [6.45, 7) is 4.61. The molecule has 1 saturated heterocycles. The number of ether oxygens (including phenoxy) is 1. The molecule has 0 radical (unpaired) electrons. The number of rotatable bonds is 10. The van der Waals surface area contributed by atoms with Crippen LogP contribution in [0, 0.1) is 0 Å². The molecule has 2 N–H and O–H groups in total. The van der Waals surface area contributed by atoms with Crippen molar-refractivity contribution in [2.75, 3.05) is 46.9 Å². The van der Waals surface area contributed by atoms with Crippen LogP contribution >= 0.6 is 0 Å². The molecule has 0 saturated carbocycles. The lowest BCUT2D eigenvalue weighted by Gasteiger charge is -2.23. The van der Waals surface area contributed by atoms with E-state index in [9.17, 15) is 9.90 Å². The molecule has 1 amide bonds. The van der Waals surface area contributed by atoms with Gasteiger partial charge in [0.05, 0.1) is 0 Å². The van der Waals surface area contributed by atoms with Crippen molar-refractivity contribution in [1.29, 1.82) is 0 Å². The minimum atomic E-state index is -0.470. The number of hydrogen-bond donors (Lipinski definition) is 2. The number of aliphatic hydroxyl groups is 1. The summed E-state index contributed by atoms with van der Waals surface area (Å²) in [6.07, 6.45) is 5.07. The van der Waals surface area contributed by atoms with Crippen molar-refractivity contribution in [2.45, 2.75) is 44.8 Å². The molecule has 0 bridgehead atoms. The molecule has 0 spiro atoms. The Labute approximate surface area is 163 Å². The van der Waals surface area contributed by atoms with Crippen molar-refractivity contribution in [3.63, 3.8) is 0 Å². The van der Waals surface area contributed by atoms with Crippen LogP contribution in [0.4, 0.5) is 0 Å². The van der Waals surface area contributed by atoms with Crippen molar-refractivity contribution >= 4 is 5.91 Å². The molecule has 2 rings (SSSR count). The van der Waals surface area contributed by atoms with Gasteiger partial charge in [0.15, 0.2) is 0 Å². The van der Waals surface area contributed by atoms with E-state index in [2.05, 4.69) is 21.2 Å². The maximum atomic E-state index is 11.3. The molecule has 1 aromatic carbocycles. The summed E-state index contributed by atoms with van der Waals surface area (Å²) in [4.78, 5) is 15.8. The Balaban J connectivity index is 1.74. The molecule has 1 heterocycles. The minimum absolute atomic E-state index is 0.0531. The highest BCUT2D eigenvalue weighted by Crippen LogP contribution is 2.16. The number of nitrogens with zero attached hydrogens (tertiary/aromatic N) is 2. The SMILES string of the molecule is CNC(=O)CCN(C)Cc1cccc(OC[C@@H](O)CN2CCCCCC2)c1. The van der Waals surface area contributed by atoms with Gasteiger partial charge in [0.1, 0.15) is 18.5 Å². The summed E-state index contributed by atoms with van der Waals surface area (Å²) in [7, 11) is 3.66. The van der Waals surface area contributed by atoms with Gasteiger partial charge in [-0.2, -0.15) is 0 Å². The Morgan fingerprint density at radius 3 is 2.74 bits per heavy atom. The van der Waals surface area contributed by atoms with E-state index in [4.69, 9.17) is 4.74 Å². The fraction of sp³-hybridized carbons (Fsp3) is 0.667. The number of likely N-dealkylation sites (tertiary alicyclic amines) is 1. The van der Waals surface area contributed by atoms with Gasteiger partial charge in [0.25, 0.3) is 0 Å². The molecule has 0 aromatic heterocycles. The monoisotopic (exact) mass is 377 g/mol. The van der Waals surface area contributed by atoms with Gasteiger partial charge in [-0.05, 0) is 50.7 Å². The smallest absolute Gasteiger partial charge is 0.221 e. The molecule has 6 nitrogen and oxygen atoms in total. The van der Waals surface area contributed by atoms with Gasteiger partial charge >= 0.3 is 0 Å². The van der Waals surface area contributed by atoms with Crippen LogP contribution in [-0.2, 0) is 11.3 Å². The molecule has 1 atom stereocenters. The highest BCUT2D eigenvalue weighted by atomic mass is 16.5. The first-order chi connectivity index (χ1) is 13.1. The molecule has 152 valence electrons. The Kier molecular flexibility index (Phi) is 9.59. The van der Waals surface area contributed by atoms with Crippen LogP contribution in [0.3, 0.4) is 0 Å². The fourth-order valence-electron chi connectivity index (χ4n) is 3.40. The van der Waals surface area contributed by atoms with E-state index in [1.54, 1.807) is 7.05 Å². The zero-order valence-electron chi connectivity index (χ0n) is 16.8. The summed E-state index contributed by atoms with van der Waals surface area (Å²) in [6, 6.07) is 7.96. The first kappa shape index (κ1) is 21.7. The molecule has 0 aliphatic carbocycles. The lowest BCUT2D eigenvalue weighted by atomic mass is 10.2. The summed E-state index contributed by atoms with van der Waals surface area (Å²) in [5.74, 6) is 0.833. The van der Waals surface area contributed by atoms with E-state index in [0.717, 1.165) is 30.9 Å². The summed E-state index contributed by atoms with van der Waals surface area (Å²) < 4.78 is 5.82. The van der Waals surface area contributed by atoms with E-state index >= 15 is 0 Å². The second-order valence-electron chi connectivity index (χ2n) is 7.49. The molecule has 1 aromatic rings. The summed E-state index contributed by atoms with van der Waals surface area (Å²) >= 11 is 0. The molecule has 1 aliphatic heterocycles.